The molecule has 0 radical (unpaired) electrons. The Morgan fingerprint density at radius 1 is 1.23 bits per heavy atom. The third kappa shape index (κ3) is 3.00. The maximum atomic E-state index is 12.9. The van der Waals surface area contributed by atoms with Crippen molar-refractivity contribution in [3.05, 3.63) is 36.5 Å². The van der Waals surface area contributed by atoms with E-state index in [2.05, 4.69) is 30.2 Å². The summed E-state index contributed by atoms with van der Waals surface area (Å²) in [6, 6.07) is 4.68. The van der Waals surface area contributed by atoms with Crippen molar-refractivity contribution in [2.24, 2.45) is 0 Å². The van der Waals surface area contributed by atoms with Crippen LogP contribution in [0.5, 0.6) is 0 Å². The van der Waals surface area contributed by atoms with Crippen LogP contribution < -0.4 is 9.80 Å². The van der Waals surface area contributed by atoms with Crippen LogP contribution >= 0.6 is 0 Å². The number of nitrogens with zero attached hydrogens (tertiary/aromatic N) is 8. The van der Waals surface area contributed by atoms with Crippen LogP contribution in [0.4, 0.5) is 24.8 Å². The van der Waals surface area contributed by atoms with Gasteiger partial charge in [0.2, 0.25) is 0 Å². The van der Waals surface area contributed by atoms with Gasteiger partial charge in [0, 0.05) is 32.2 Å². The summed E-state index contributed by atoms with van der Waals surface area (Å²) in [7, 11) is 1.74. The average Bonchev–Trinajstić information content (AvgIpc) is 3.29. The van der Waals surface area contributed by atoms with Crippen molar-refractivity contribution >= 4 is 17.3 Å². The second-order valence-corrected chi connectivity index (χ2v) is 6.08. The molecule has 11 heteroatoms. The first kappa shape index (κ1) is 16.5. The van der Waals surface area contributed by atoms with Crippen LogP contribution in [0.15, 0.2) is 30.9 Å². The standard InChI is InChI=1S/C15H15F3N8/c1-24(14-6-11(15(16,17)18)19-8-20-14)10-4-5-25(7-10)13-3-2-12-22-21-9-26(12)23-13/h2-3,6,8-10H,4-5,7H2,1H3. The summed E-state index contributed by atoms with van der Waals surface area (Å²) in [4.78, 5) is 11.1. The molecule has 3 aromatic rings. The predicted molar refractivity (Wildman–Crippen MR) is 86.8 cm³/mol. The fourth-order valence-corrected chi connectivity index (χ4v) is 3.04. The van der Waals surface area contributed by atoms with Gasteiger partial charge in [0.05, 0.1) is 0 Å². The fraction of sp³-hybridized carbons (Fsp3) is 0.400. The number of likely N-dealkylation sites (N-methyl/N-ethyl adjacent to an activating group) is 1. The summed E-state index contributed by atoms with van der Waals surface area (Å²) in [6.07, 6.45) is -1.23. The number of alkyl halides is 3. The van der Waals surface area contributed by atoms with Crippen LogP contribution in [0.25, 0.3) is 5.65 Å². The molecule has 4 rings (SSSR count). The molecule has 136 valence electrons. The number of hydrogen-bond donors (Lipinski definition) is 0. The highest BCUT2D eigenvalue weighted by molar-refractivity contribution is 5.48. The van der Waals surface area contributed by atoms with E-state index in [4.69, 9.17) is 0 Å². The average molecular weight is 364 g/mol. The van der Waals surface area contributed by atoms with E-state index >= 15 is 0 Å². The topological polar surface area (TPSA) is 75.3 Å². The number of anilines is 2. The maximum Gasteiger partial charge on any atom is 0.433 e. The summed E-state index contributed by atoms with van der Waals surface area (Å²) in [5.41, 5.74) is -0.286. The highest BCUT2D eigenvalue weighted by Crippen LogP contribution is 2.30. The first-order valence-corrected chi connectivity index (χ1v) is 7.96. The van der Waals surface area contributed by atoms with Gasteiger partial charge in [0.1, 0.15) is 30.0 Å². The van der Waals surface area contributed by atoms with Crippen LogP contribution in [0.1, 0.15) is 12.1 Å². The number of fused-ring (bicyclic) bond motifs is 1. The Morgan fingerprint density at radius 3 is 2.88 bits per heavy atom. The van der Waals surface area contributed by atoms with Crippen molar-refractivity contribution in [1.29, 1.82) is 0 Å². The second kappa shape index (κ2) is 6.07. The molecule has 0 aromatic carbocycles. The van der Waals surface area contributed by atoms with Crippen LogP contribution in [-0.2, 0) is 6.18 Å². The summed E-state index contributed by atoms with van der Waals surface area (Å²) < 4.78 is 40.2. The van der Waals surface area contributed by atoms with Crippen molar-refractivity contribution in [2.45, 2.75) is 18.6 Å². The van der Waals surface area contributed by atoms with Crippen molar-refractivity contribution in [2.75, 3.05) is 29.9 Å². The lowest BCUT2D eigenvalue weighted by atomic mass is 10.2. The van der Waals surface area contributed by atoms with Gasteiger partial charge in [0.25, 0.3) is 0 Å². The molecule has 0 N–H and O–H groups in total. The minimum absolute atomic E-state index is 0.0180. The Labute approximate surface area is 146 Å². The first-order chi connectivity index (χ1) is 12.4. The molecule has 0 saturated carbocycles. The molecule has 3 aromatic heterocycles. The molecule has 1 aliphatic heterocycles. The first-order valence-electron chi connectivity index (χ1n) is 7.96. The molecule has 1 saturated heterocycles. The Balaban J connectivity index is 1.51. The quantitative estimate of drug-likeness (QED) is 0.699. The third-order valence-corrected chi connectivity index (χ3v) is 4.49. The van der Waals surface area contributed by atoms with E-state index in [9.17, 15) is 13.2 Å². The third-order valence-electron chi connectivity index (χ3n) is 4.49. The molecular formula is C15H15F3N8. The molecular weight excluding hydrogens is 349 g/mol. The smallest absolute Gasteiger partial charge is 0.355 e. The van der Waals surface area contributed by atoms with Gasteiger partial charge in [-0.15, -0.1) is 15.3 Å². The zero-order valence-corrected chi connectivity index (χ0v) is 13.8. The van der Waals surface area contributed by atoms with Gasteiger partial charge in [-0.2, -0.15) is 17.7 Å². The van der Waals surface area contributed by atoms with Crippen LogP contribution in [0, 0.1) is 0 Å². The van der Waals surface area contributed by atoms with Crippen molar-refractivity contribution in [3.8, 4) is 0 Å². The highest BCUT2D eigenvalue weighted by Gasteiger charge is 2.34. The van der Waals surface area contributed by atoms with E-state index in [1.54, 1.807) is 16.5 Å². The molecule has 1 aliphatic rings. The minimum Gasteiger partial charge on any atom is -0.355 e. The second-order valence-electron chi connectivity index (χ2n) is 6.08. The molecule has 0 aliphatic carbocycles. The Morgan fingerprint density at radius 2 is 2.08 bits per heavy atom. The minimum atomic E-state index is -4.49. The van der Waals surface area contributed by atoms with Crippen molar-refractivity contribution in [3.63, 3.8) is 0 Å². The summed E-state index contributed by atoms with van der Waals surface area (Å²) in [5, 5.41) is 12.2. The number of rotatable bonds is 3. The summed E-state index contributed by atoms with van der Waals surface area (Å²) in [5.74, 6) is 1.02. The lowest BCUT2D eigenvalue weighted by Gasteiger charge is -2.26. The maximum absolute atomic E-state index is 12.9. The van der Waals surface area contributed by atoms with Crippen LogP contribution in [0.3, 0.4) is 0 Å². The number of halogens is 3. The van der Waals surface area contributed by atoms with E-state index < -0.39 is 11.9 Å². The van der Waals surface area contributed by atoms with E-state index in [0.29, 0.717) is 12.2 Å². The molecule has 1 fully saturated rings. The summed E-state index contributed by atoms with van der Waals surface area (Å²) in [6.45, 7) is 1.37. The molecule has 26 heavy (non-hydrogen) atoms. The molecule has 8 nitrogen and oxygen atoms in total. The lowest BCUT2D eigenvalue weighted by Crippen LogP contribution is -2.35. The Bertz CT molecular complexity index is 924. The van der Waals surface area contributed by atoms with Gasteiger partial charge in [-0.3, -0.25) is 0 Å². The molecule has 0 spiro atoms. The predicted octanol–water partition coefficient (Wildman–Crippen LogP) is 1.65. The highest BCUT2D eigenvalue weighted by atomic mass is 19.4. The van der Waals surface area contributed by atoms with E-state index in [-0.39, 0.29) is 11.9 Å². The lowest BCUT2D eigenvalue weighted by molar-refractivity contribution is -0.141. The van der Waals surface area contributed by atoms with Gasteiger partial charge in [0.15, 0.2) is 5.65 Å². The molecule has 0 bridgehead atoms. The molecule has 0 amide bonds. The van der Waals surface area contributed by atoms with Crippen molar-refractivity contribution in [1.82, 2.24) is 29.8 Å². The zero-order valence-electron chi connectivity index (χ0n) is 13.8. The van der Waals surface area contributed by atoms with Crippen molar-refractivity contribution < 1.29 is 13.2 Å². The largest absolute Gasteiger partial charge is 0.433 e. The van der Waals surface area contributed by atoms with E-state index in [1.807, 2.05) is 12.1 Å². The monoisotopic (exact) mass is 364 g/mol. The van der Waals surface area contributed by atoms with Gasteiger partial charge >= 0.3 is 6.18 Å². The molecule has 1 unspecified atom stereocenters. The Kier molecular flexibility index (Phi) is 3.85. The SMILES string of the molecule is CN(c1cc(C(F)(F)F)ncn1)C1CCN(c2ccc3nncn3n2)C1. The van der Waals surface area contributed by atoms with Crippen LogP contribution in [0.2, 0.25) is 0 Å². The summed E-state index contributed by atoms with van der Waals surface area (Å²) >= 11 is 0. The Hall–Kier alpha value is -2.98. The van der Waals surface area contributed by atoms with Gasteiger partial charge in [-0.05, 0) is 18.6 Å². The van der Waals surface area contributed by atoms with E-state index in [0.717, 1.165) is 31.2 Å². The van der Waals surface area contributed by atoms with Crippen LogP contribution in [-0.4, -0.2) is 56.0 Å². The normalized spacial score (nSPS) is 17.8. The van der Waals surface area contributed by atoms with Gasteiger partial charge in [-0.25, -0.2) is 9.97 Å². The molecule has 1 atom stereocenters. The number of aromatic nitrogens is 6. The van der Waals surface area contributed by atoms with Gasteiger partial charge < -0.3 is 9.80 Å². The zero-order chi connectivity index (χ0) is 18.3. The van der Waals surface area contributed by atoms with E-state index in [1.165, 1.54) is 6.33 Å². The fourth-order valence-electron chi connectivity index (χ4n) is 3.04. The van der Waals surface area contributed by atoms with Gasteiger partial charge in [-0.1, -0.05) is 0 Å². The molecule has 4 heterocycles. The number of hydrogen-bond acceptors (Lipinski definition) is 7.